The number of sulfone groups is 1. The van der Waals surface area contributed by atoms with Gasteiger partial charge < -0.3 is 10.1 Å². The molecule has 3 aromatic carbocycles. The van der Waals surface area contributed by atoms with Crippen molar-refractivity contribution in [3.63, 3.8) is 0 Å². The van der Waals surface area contributed by atoms with Crippen molar-refractivity contribution in [1.29, 1.82) is 0 Å². The van der Waals surface area contributed by atoms with Crippen LogP contribution in [0.25, 0.3) is 22.2 Å². The number of nitrogens with one attached hydrogen (secondary N) is 1. The summed E-state index contributed by atoms with van der Waals surface area (Å²) in [6.07, 6.45) is 1.10. The number of fused-ring (bicyclic) bond motifs is 1. The Morgan fingerprint density at radius 2 is 1.72 bits per heavy atom. The molecule has 0 unspecified atom stereocenters. The van der Waals surface area contributed by atoms with Crippen molar-refractivity contribution in [2.45, 2.75) is 4.90 Å². The Hall–Kier alpha value is -3.42. The zero-order valence-electron chi connectivity index (χ0n) is 17.3. The number of hydrogen-bond acceptors (Lipinski definition) is 5. The van der Waals surface area contributed by atoms with Crippen LogP contribution in [0, 0.1) is 0 Å². The molecule has 0 atom stereocenters. The molecule has 1 heterocycles. The van der Waals surface area contributed by atoms with Gasteiger partial charge >= 0.3 is 0 Å². The Labute approximate surface area is 190 Å². The summed E-state index contributed by atoms with van der Waals surface area (Å²) in [4.78, 5) is 18.0. The number of benzene rings is 3. The van der Waals surface area contributed by atoms with Gasteiger partial charge in [0, 0.05) is 17.2 Å². The van der Waals surface area contributed by atoms with E-state index in [-0.39, 0.29) is 15.6 Å². The highest BCUT2D eigenvalue weighted by Gasteiger charge is 2.17. The van der Waals surface area contributed by atoms with Crippen LogP contribution in [0.15, 0.2) is 77.7 Å². The van der Waals surface area contributed by atoms with Gasteiger partial charge in [-0.25, -0.2) is 13.4 Å². The topological polar surface area (TPSA) is 85.4 Å². The second-order valence-corrected chi connectivity index (χ2v) is 9.59. The lowest BCUT2D eigenvalue weighted by molar-refractivity contribution is 0.102. The number of methoxy groups -OCH3 is 1. The summed E-state index contributed by atoms with van der Waals surface area (Å²) in [6, 6.07) is 20.6. The maximum atomic E-state index is 13.3. The quantitative estimate of drug-likeness (QED) is 0.436. The Kier molecular flexibility index (Phi) is 5.86. The summed E-state index contributed by atoms with van der Waals surface area (Å²) in [7, 11) is -1.86. The molecule has 1 amide bonds. The molecule has 0 fully saturated rings. The number of carbonyl (C=O) groups excluding carboxylic acids is 1. The van der Waals surface area contributed by atoms with Crippen LogP contribution in [0.5, 0.6) is 5.75 Å². The minimum Gasteiger partial charge on any atom is -0.497 e. The first kappa shape index (κ1) is 21.8. The molecule has 8 heteroatoms. The van der Waals surface area contributed by atoms with Gasteiger partial charge in [-0.05, 0) is 54.6 Å². The van der Waals surface area contributed by atoms with Gasteiger partial charge in [0.15, 0.2) is 9.84 Å². The van der Waals surface area contributed by atoms with Gasteiger partial charge in [-0.2, -0.15) is 0 Å². The normalized spacial score (nSPS) is 11.3. The highest BCUT2D eigenvalue weighted by Crippen LogP contribution is 2.29. The van der Waals surface area contributed by atoms with Gasteiger partial charge in [-0.3, -0.25) is 4.79 Å². The first-order valence-electron chi connectivity index (χ1n) is 9.61. The van der Waals surface area contributed by atoms with Crippen molar-refractivity contribution in [3.05, 3.63) is 83.4 Å². The third-order valence-electron chi connectivity index (χ3n) is 4.96. The highest BCUT2D eigenvalue weighted by atomic mass is 35.5. The number of anilines is 1. The molecule has 0 bridgehead atoms. The average Bonchev–Trinajstić information content (AvgIpc) is 2.79. The predicted octanol–water partition coefficient (Wildman–Crippen LogP) is 5.22. The van der Waals surface area contributed by atoms with E-state index in [2.05, 4.69) is 10.3 Å². The van der Waals surface area contributed by atoms with Crippen LogP contribution in [-0.4, -0.2) is 32.7 Å². The standard InChI is InChI=1S/C24H19ClN2O4S/c1-31-16-9-7-15(8-10-16)22-14-19(18-5-3-4-6-21(18)26-22)24(28)27-23-13-17(32(2,29)30)11-12-20(23)25/h3-14H,1-2H3,(H,27,28). The molecular weight excluding hydrogens is 448 g/mol. The number of nitrogens with zero attached hydrogens (tertiary/aromatic N) is 1. The molecule has 32 heavy (non-hydrogen) atoms. The molecule has 0 saturated heterocycles. The van der Waals surface area contributed by atoms with E-state index in [4.69, 9.17) is 16.3 Å². The van der Waals surface area contributed by atoms with E-state index < -0.39 is 15.7 Å². The minimum atomic E-state index is -3.46. The molecule has 4 aromatic rings. The summed E-state index contributed by atoms with van der Waals surface area (Å²) in [5.41, 5.74) is 2.70. The van der Waals surface area contributed by atoms with Crippen molar-refractivity contribution < 1.29 is 17.9 Å². The number of aromatic nitrogens is 1. The van der Waals surface area contributed by atoms with Gasteiger partial charge in [0.2, 0.25) is 0 Å². The zero-order valence-corrected chi connectivity index (χ0v) is 18.9. The first-order chi connectivity index (χ1) is 15.3. The first-order valence-corrected chi connectivity index (χ1v) is 11.9. The molecule has 1 aromatic heterocycles. The lowest BCUT2D eigenvalue weighted by atomic mass is 10.0. The Morgan fingerprint density at radius 3 is 2.41 bits per heavy atom. The summed E-state index contributed by atoms with van der Waals surface area (Å²) in [6.45, 7) is 0. The molecule has 162 valence electrons. The van der Waals surface area contributed by atoms with Crippen molar-refractivity contribution in [2.24, 2.45) is 0 Å². The number of amides is 1. The number of rotatable bonds is 5. The van der Waals surface area contributed by atoms with Gasteiger partial charge in [0.25, 0.3) is 5.91 Å². The number of pyridine rings is 1. The van der Waals surface area contributed by atoms with Crippen LogP contribution in [0.4, 0.5) is 5.69 Å². The van der Waals surface area contributed by atoms with Crippen LogP contribution in [0.3, 0.4) is 0 Å². The van der Waals surface area contributed by atoms with E-state index >= 15 is 0 Å². The number of para-hydroxylation sites is 1. The van der Waals surface area contributed by atoms with E-state index in [0.717, 1.165) is 11.8 Å². The van der Waals surface area contributed by atoms with Gasteiger partial charge in [-0.1, -0.05) is 29.8 Å². The highest BCUT2D eigenvalue weighted by molar-refractivity contribution is 7.90. The zero-order chi connectivity index (χ0) is 22.9. The van der Waals surface area contributed by atoms with Crippen LogP contribution in [0.1, 0.15) is 10.4 Å². The van der Waals surface area contributed by atoms with Crippen LogP contribution in [-0.2, 0) is 9.84 Å². The predicted molar refractivity (Wildman–Crippen MR) is 126 cm³/mol. The van der Waals surface area contributed by atoms with Crippen molar-refractivity contribution >= 4 is 43.9 Å². The molecule has 1 N–H and O–H groups in total. The SMILES string of the molecule is COc1ccc(-c2cc(C(=O)Nc3cc(S(C)(=O)=O)ccc3Cl)c3ccccc3n2)cc1. The van der Waals surface area contributed by atoms with Crippen LogP contribution in [0.2, 0.25) is 5.02 Å². The van der Waals surface area contributed by atoms with Crippen LogP contribution >= 0.6 is 11.6 Å². The second-order valence-electron chi connectivity index (χ2n) is 7.17. The number of halogens is 1. The van der Waals surface area contributed by atoms with Gasteiger partial charge in [0.1, 0.15) is 5.75 Å². The van der Waals surface area contributed by atoms with Crippen LogP contribution < -0.4 is 10.1 Å². The third kappa shape index (κ3) is 4.44. The summed E-state index contributed by atoms with van der Waals surface area (Å²) < 4.78 is 29.0. The summed E-state index contributed by atoms with van der Waals surface area (Å²) in [5, 5.41) is 3.65. The van der Waals surface area contributed by atoms with E-state index in [1.54, 1.807) is 13.2 Å². The largest absolute Gasteiger partial charge is 0.497 e. The van der Waals surface area contributed by atoms with Gasteiger partial charge in [0.05, 0.1) is 39.5 Å². The maximum Gasteiger partial charge on any atom is 0.256 e. The Bertz CT molecular complexity index is 1430. The second kappa shape index (κ2) is 8.61. The molecular formula is C24H19ClN2O4S. The smallest absolute Gasteiger partial charge is 0.256 e. The van der Waals surface area contributed by atoms with Gasteiger partial charge in [-0.15, -0.1) is 0 Å². The number of hydrogen-bond donors (Lipinski definition) is 1. The molecule has 0 spiro atoms. The lowest BCUT2D eigenvalue weighted by Gasteiger charge is -2.12. The molecule has 0 radical (unpaired) electrons. The fourth-order valence-electron chi connectivity index (χ4n) is 3.29. The minimum absolute atomic E-state index is 0.0655. The molecule has 0 aliphatic rings. The fourth-order valence-corrected chi connectivity index (χ4v) is 4.11. The third-order valence-corrected chi connectivity index (χ3v) is 6.40. The summed E-state index contributed by atoms with van der Waals surface area (Å²) >= 11 is 6.22. The monoisotopic (exact) mass is 466 g/mol. The van der Waals surface area contributed by atoms with Crippen molar-refractivity contribution in [1.82, 2.24) is 4.98 Å². The van der Waals surface area contributed by atoms with E-state index in [1.165, 1.54) is 18.2 Å². The lowest BCUT2D eigenvalue weighted by Crippen LogP contribution is -2.14. The maximum absolute atomic E-state index is 13.3. The molecule has 6 nitrogen and oxygen atoms in total. The van der Waals surface area contributed by atoms with E-state index in [9.17, 15) is 13.2 Å². The number of ether oxygens (including phenoxy) is 1. The number of carbonyl (C=O) groups is 1. The molecule has 4 rings (SSSR count). The van der Waals surface area contributed by atoms with E-state index in [0.29, 0.717) is 27.9 Å². The Balaban J connectivity index is 1.79. The molecule has 0 aliphatic carbocycles. The van der Waals surface area contributed by atoms with Crippen molar-refractivity contribution in [2.75, 3.05) is 18.7 Å². The summed E-state index contributed by atoms with van der Waals surface area (Å²) in [5.74, 6) is 0.291. The van der Waals surface area contributed by atoms with Crippen molar-refractivity contribution in [3.8, 4) is 17.0 Å². The molecule has 0 aliphatic heterocycles. The van der Waals surface area contributed by atoms with E-state index in [1.807, 2.05) is 48.5 Å². The fraction of sp³-hybridized carbons (Fsp3) is 0.0833. The molecule has 0 saturated carbocycles. The Morgan fingerprint density at radius 1 is 1.00 bits per heavy atom. The average molecular weight is 467 g/mol.